The number of hydrogen-bond acceptors (Lipinski definition) is 4. The molecule has 8 heteroatoms. The molecule has 0 fully saturated rings. The van der Waals surface area contributed by atoms with Crippen molar-refractivity contribution in [2.24, 2.45) is 5.10 Å². The number of anilines is 1. The van der Waals surface area contributed by atoms with E-state index in [2.05, 4.69) is 15.8 Å². The maximum absolute atomic E-state index is 13.1. The summed E-state index contributed by atoms with van der Waals surface area (Å²) in [5, 5.41) is 16.2. The maximum Gasteiger partial charge on any atom is 0.275 e. The Labute approximate surface area is 148 Å². The zero-order valence-corrected chi connectivity index (χ0v) is 14.0. The van der Waals surface area contributed by atoms with Crippen LogP contribution in [0.1, 0.15) is 23.7 Å². The first-order valence-corrected chi connectivity index (χ1v) is 7.60. The Balaban J connectivity index is 1.93. The number of benzene rings is 2. The van der Waals surface area contributed by atoms with Crippen LogP contribution in [-0.2, 0) is 4.79 Å². The molecule has 6 nitrogen and oxygen atoms in total. The van der Waals surface area contributed by atoms with E-state index in [1.165, 1.54) is 36.4 Å². The zero-order chi connectivity index (χ0) is 18.4. The van der Waals surface area contributed by atoms with Crippen LogP contribution >= 0.6 is 11.6 Å². The number of halogens is 2. The van der Waals surface area contributed by atoms with Crippen LogP contribution in [0.2, 0.25) is 5.02 Å². The van der Waals surface area contributed by atoms with Gasteiger partial charge in [-0.1, -0.05) is 17.7 Å². The Morgan fingerprint density at radius 2 is 2.00 bits per heavy atom. The van der Waals surface area contributed by atoms with E-state index < -0.39 is 17.6 Å². The van der Waals surface area contributed by atoms with Crippen LogP contribution in [0.4, 0.5) is 10.1 Å². The number of aromatic hydroxyl groups is 1. The number of hydrazone groups is 1. The molecule has 2 rings (SSSR count). The first kappa shape index (κ1) is 18.4. The fraction of sp³-hybridized carbons (Fsp3) is 0.118. The lowest BCUT2D eigenvalue weighted by molar-refractivity contribution is -0.115. The minimum atomic E-state index is -0.662. The highest BCUT2D eigenvalue weighted by Gasteiger charge is 2.12. The molecule has 130 valence electrons. The smallest absolute Gasteiger partial charge is 0.275 e. The quantitative estimate of drug-likeness (QED) is 0.562. The molecule has 2 amide bonds. The van der Waals surface area contributed by atoms with E-state index in [1.807, 2.05) is 0 Å². The molecule has 2 aromatic carbocycles. The van der Waals surface area contributed by atoms with Gasteiger partial charge in [-0.3, -0.25) is 9.59 Å². The molecule has 0 aliphatic rings. The fourth-order valence-electron chi connectivity index (χ4n) is 1.94. The van der Waals surface area contributed by atoms with Gasteiger partial charge in [0.2, 0.25) is 5.91 Å². The molecule has 0 atom stereocenters. The molecule has 3 N–H and O–H groups in total. The predicted octanol–water partition coefficient (Wildman–Crippen LogP) is 3.32. The van der Waals surface area contributed by atoms with Crippen LogP contribution in [0.15, 0.2) is 47.6 Å². The molecule has 0 unspecified atom stereocenters. The van der Waals surface area contributed by atoms with Gasteiger partial charge in [0.05, 0.1) is 12.0 Å². The van der Waals surface area contributed by atoms with Crippen molar-refractivity contribution in [3.8, 4) is 5.75 Å². The molecule has 2 aromatic rings. The van der Waals surface area contributed by atoms with E-state index in [1.54, 1.807) is 13.0 Å². The van der Waals surface area contributed by atoms with E-state index >= 15 is 0 Å². The summed E-state index contributed by atoms with van der Waals surface area (Å²) in [6.45, 7) is 1.54. The first-order chi connectivity index (χ1) is 11.8. The lowest BCUT2D eigenvalue weighted by atomic mass is 10.2. The van der Waals surface area contributed by atoms with Crippen molar-refractivity contribution >= 4 is 34.8 Å². The summed E-state index contributed by atoms with van der Waals surface area (Å²) >= 11 is 5.77. The summed E-state index contributed by atoms with van der Waals surface area (Å²) < 4.78 is 13.1. The second kappa shape index (κ2) is 8.25. The summed E-state index contributed by atoms with van der Waals surface area (Å²) in [6, 6.07) is 9.52. The number of carbonyl (C=O) groups is 2. The highest BCUT2D eigenvalue weighted by molar-refractivity contribution is 6.31. The lowest BCUT2D eigenvalue weighted by Gasteiger charge is -2.06. The fourth-order valence-corrected chi connectivity index (χ4v) is 2.11. The Morgan fingerprint density at radius 1 is 1.24 bits per heavy atom. The van der Waals surface area contributed by atoms with Crippen molar-refractivity contribution in [1.29, 1.82) is 0 Å². The average Bonchev–Trinajstić information content (AvgIpc) is 2.54. The predicted molar refractivity (Wildman–Crippen MR) is 93.3 cm³/mol. The molecule has 0 saturated heterocycles. The summed E-state index contributed by atoms with van der Waals surface area (Å²) in [5.74, 6) is -1.77. The van der Waals surface area contributed by atoms with Gasteiger partial charge in [0.25, 0.3) is 5.91 Å². The van der Waals surface area contributed by atoms with Crippen molar-refractivity contribution < 1.29 is 19.1 Å². The van der Waals surface area contributed by atoms with Gasteiger partial charge in [-0.2, -0.15) is 5.10 Å². The Hall–Kier alpha value is -2.93. The highest BCUT2D eigenvalue weighted by atomic mass is 35.5. The van der Waals surface area contributed by atoms with E-state index in [0.29, 0.717) is 11.4 Å². The van der Waals surface area contributed by atoms with Gasteiger partial charge in [0, 0.05) is 16.4 Å². The number of phenolic OH excluding ortho intramolecular Hbond substituents is 1. The van der Waals surface area contributed by atoms with Crippen LogP contribution in [-0.4, -0.2) is 22.6 Å². The number of hydrogen-bond donors (Lipinski definition) is 3. The van der Waals surface area contributed by atoms with Crippen LogP contribution in [0.25, 0.3) is 0 Å². The lowest BCUT2D eigenvalue weighted by Crippen LogP contribution is -2.21. The van der Waals surface area contributed by atoms with E-state index in [4.69, 9.17) is 11.6 Å². The third-order valence-corrected chi connectivity index (χ3v) is 3.31. The molecular formula is C17H15ClFN3O3. The molecule has 0 radical (unpaired) electrons. The number of nitrogens with one attached hydrogen (secondary N) is 2. The van der Waals surface area contributed by atoms with E-state index in [-0.39, 0.29) is 22.8 Å². The van der Waals surface area contributed by atoms with Crippen molar-refractivity contribution in [3.05, 3.63) is 58.9 Å². The second-order valence-corrected chi connectivity index (χ2v) is 5.62. The van der Waals surface area contributed by atoms with E-state index in [0.717, 1.165) is 0 Å². The molecule has 0 spiro atoms. The molecular weight excluding hydrogens is 349 g/mol. The van der Waals surface area contributed by atoms with Gasteiger partial charge in [0.1, 0.15) is 11.6 Å². The molecule has 0 aliphatic heterocycles. The van der Waals surface area contributed by atoms with Crippen LogP contribution in [0.5, 0.6) is 5.75 Å². The summed E-state index contributed by atoms with van der Waals surface area (Å²) in [7, 11) is 0. The van der Waals surface area contributed by atoms with Crippen molar-refractivity contribution in [3.63, 3.8) is 0 Å². The van der Waals surface area contributed by atoms with Gasteiger partial charge in [-0.25, -0.2) is 9.82 Å². The Morgan fingerprint density at radius 3 is 2.72 bits per heavy atom. The number of nitrogens with zero attached hydrogens (tertiary/aromatic N) is 1. The third-order valence-electron chi connectivity index (χ3n) is 3.08. The third kappa shape index (κ3) is 5.58. The zero-order valence-electron chi connectivity index (χ0n) is 13.2. The van der Waals surface area contributed by atoms with Crippen molar-refractivity contribution in [2.45, 2.75) is 13.3 Å². The molecule has 0 aromatic heterocycles. The average molecular weight is 364 g/mol. The number of rotatable bonds is 5. The largest absolute Gasteiger partial charge is 0.507 e. The van der Waals surface area contributed by atoms with Gasteiger partial charge < -0.3 is 10.4 Å². The Bertz CT molecular complexity index is 840. The highest BCUT2D eigenvalue weighted by Crippen LogP contribution is 2.21. The maximum atomic E-state index is 13.1. The SMILES string of the molecule is C/C(CC(=O)Nc1cccc(F)c1)=N\NC(=O)c1cc(Cl)ccc1O. The molecule has 25 heavy (non-hydrogen) atoms. The molecule has 0 bridgehead atoms. The first-order valence-electron chi connectivity index (χ1n) is 7.22. The van der Waals surface area contributed by atoms with Crippen LogP contribution < -0.4 is 10.7 Å². The van der Waals surface area contributed by atoms with Gasteiger partial charge in [0.15, 0.2) is 0 Å². The minimum absolute atomic E-state index is 0.0340. The monoisotopic (exact) mass is 363 g/mol. The number of amides is 2. The normalized spacial score (nSPS) is 11.1. The van der Waals surface area contributed by atoms with E-state index in [9.17, 15) is 19.1 Å². The van der Waals surface area contributed by atoms with Gasteiger partial charge >= 0.3 is 0 Å². The standard InChI is InChI=1S/C17H15ClFN3O3/c1-10(7-16(24)20-13-4-2-3-12(19)9-13)21-22-17(25)14-8-11(18)5-6-15(14)23/h2-6,8-9,23H,7H2,1H3,(H,20,24)(H,22,25)/b21-10+. The van der Waals surface area contributed by atoms with Gasteiger partial charge in [-0.05, 0) is 43.3 Å². The Kier molecular flexibility index (Phi) is 6.08. The summed E-state index contributed by atoms with van der Waals surface area (Å²) in [4.78, 5) is 23.8. The summed E-state index contributed by atoms with van der Waals surface area (Å²) in [6.07, 6.45) is -0.0989. The molecule has 0 aliphatic carbocycles. The van der Waals surface area contributed by atoms with Gasteiger partial charge in [-0.15, -0.1) is 0 Å². The minimum Gasteiger partial charge on any atom is -0.507 e. The number of phenols is 1. The van der Waals surface area contributed by atoms with Crippen molar-refractivity contribution in [2.75, 3.05) is 5.32 Å². The van der Waals surface area contributed by atoms with Crippen molar-refractivity contribution in [1.82, 2.24) is 5.43 Å². The second-order valence-electron chi connectivity index (χ2n) is 5.18. The molecule has 0 heterocycles. The number of carbonyl (C=O) groups excluding carboxylic acids is 2. The molecule has 0 saturated carbocycles. The topological polar surface area (TPSA) is 90.8 Å². The van der Waals surface area contributed by atoms with Crippen LogP contribution in [0, 0.1) is 5.82 Å². The summed E-state index contributed by atoms with van der Waals surface area (Å²) in [5.41, 5.74) is 2.85. The van der Waals surface area contributed by atoms with Crippen LogP contribution in [0.3, 0.4) is 0 Å².